The molecule has 84 valence electrons. The first-order valence-corrected chi connectivity index (χ1v) is 4.29. The Bertz CT molecular complexity index is 444. The normalized spacial score (nSPS) is 9.62. The van der Waals surface area contributed by atoms with E-state index in [2.05, 4.69) is 9.72 Å². The van der Waals surface area contributed by atoms with E-state index in [9.17, 15) is 18.8 Å². The van der Waals surface area contributed by atoms with Gasteiger partial charge in [-0.1, -0.05) is 0 Å². The molecule has 16 heavy (non-hydrogen) atoms. The first-order valence-electron chi connectivity index (χ1n) is 4.29. The molecule has 6 heteroatoms. The SMILES string of the molecule is COC(=O)C(=O)CC(=O)c1cncc(F)c1. The number of pyridine rings is 1. The molecule has 0 fully saturated rings. The number of rotatable bonds is 4. The van der Waals surface area contributed by atoms with Crippen molar-refractivity contribution in [2.45, 2.75) is 6.42 Å². The van der Waals surface area contributed by atoms with Gasteiger partial charge in [-0.3, -0.25) is 14.6 Å². The molecule has 0 aliphatic carbocycles. The Morgan fingerprint density at radius 3 is 2.62 bits per heavy atom. The Hall–Kier alpha value is -2.11. The van der Waals surface area contributed by atoms with Gasteiger partial charge in [0.15, 0.2) is 5.78 Å². The molecule has 0 saturated heterocycles. The Balaban J connectivity index is 2.73. The first kappa shape index (κ1) is 12.0. The molecule has 0 saturated carbocycles. The largest absolute Gasteiger partial charge is 0.463 e. The fourth-order valence-corrected chi connectivity index (χ4v) is 0.998. The number of ether oxygens (including phenoxy) is 1. The standard InChI is InChI=1S/C10H8FNO4/c1-16-10(15)9(14)3-8(13)6-2-7(11)5-12-4-6/h2,4-5H,3H2,1H3. The summed E-state index contributed by atoms with van der Waals surface area (Å²) < 4.78 is 16.8. The number of ketones is 2. The molecule has 0 bridgehead atoms. The van der Waals surface area contributed by atoms with Crippen molar-refractivity contribution in [2.24, 2.45) is 0 Å². The minimum Gasteiger partial charge on any atom is -0.463 e. The fourth-order valence-electron chi connectivity index (χ4n) is 0.998. The second-order valence-electron chi connectivity index (χ2n) is 2.91. The second-order valence-corrected chi connectivity index (χ2v) is 2.91. The molecule has 0 N–H and O–H groups in total. The highest BCUT2D eigenvalue weighted by molar-refractivity contribution is 6.38. The minimum atomic E-state index is -1.10. The highest BCUT2D eigenvalue weighted by atomic mass is 19.1. The molecule has 0 aliphatic rings. The van der Waals surface area contributed by atoms with Crippen LogP contribution in [0.4, 0.5) is 4.39 Å². The number of carbonyl (C=O) groups is 3. The first-order chi connectivity index (χ1) is 7.54. The van der Waals surface area contributed by atoms with Gasteiger partial charge in [0, 0.05) is 11.8 Å². The maximum atomic E-state index is 12.7. The highest BCUT2D eigenvalue weighted by Crippen LogP contribution is 2.05. The molecule has 0 aromatic carbocycles. The maximum Gasteiger partial charge on any atom is 0.374 e. The van der Waals surface area contributed by atoms with Crippen molar-refractivity contribution in [3.63, 3.8) is 0 Å². The molecule has 1 aromatic rings. The van der Waals surface area contributed by atoms with Crippen LogP contribution in [0.2, 0.25) is 0 Å². The van der Waals surface area contributed by atoms with Crippen LogP contribution < -0.4 is 0 Å². The van der Waals surface area contributed by atoms with Crippen molar-refractivity contribution in [3.05, 3.63) is 29.8 Å². The van der Waals surface area contributed by atoms with Crippen LogP contribution in [0.25, 0.3) is 0 Å². The van der Waals surface area contributed by atoms with Crippen molar-refractivity contribution in [1.82, 2.24) is 4.98 Å². The molecule has 0 aliphatic heterocycles. The number of nitrogens with zero attached hydrogens (tertiary/aromatic N) is 1. The van der Waals surface area contributed by atoms with Crippen LogP contribution in [0.5, 0.6) is 0 Å². The van der Waals surface area contributed by atoms with Gasteiger partial charge >= 0.3 is 5.97 Å². The zero-order chi connectivity index (χ0) is 12.1. The molecule has 5 nitrogen and oxygen atoms in total. The van der Waals surface area contributed by atoms with Gasteiger partial charge in [0.2, 0.25) is 5.78 Å². The summed E-state index contributed by atoms with van der Waals surface area (Å²) in [5, 5.41) is 0. The lowest BCUT2D eigenvalue weighted by Crippen LogP contribution is -2.19. The second kappa shape index (κ2) is 5.11. The molecule has 0 spiro atoms. The third-order valence-electron chi connectivity index (χ3n) is 1.76. The van der Waals surface area contributed by atoms with Crippen LogP contribution in [-0.2, 0) is 14.3 Å². The third-order valence-corrected chi connectivity index (χ3v) is 1.76. The number of hydrogen-bond donors (Lipinski definition) is 0. The number of aromatic nitrogens is 1. The molecule has 0 amide bonds. The van der Waals surface area contributed by atoms with E-state index in [1.54, 1.807) is 0 Å². The van der Waals surface area contributed by atoms with Crippen molar-refractivity contribution < 1.29 is 23.5 Å². The van der Waals surface area contributed by atoms with E-state index in [1.165, 1.54) is 0 Å². The molecule has 0 radical (unpaired) electrons. The van der Waals surface area contributed by atoms with Gasteiger partial charge in [0.25, 0.3) is 0 Å². The summed E-state index contributed by atoms with van der Waals surface area (Å²) in [4.78, 5) is 36.6. The van der Waals surface area contributed by atoms with Crippen LogP contribution in [0, 0.1) is 5.82 Å². The zero-order valence-electron chi connectivity index (χ0n) is 8.40. The summed E-state index contributed by atoms with van der Waals surface area (Å²) in [6.45, 7) is 0. The number of hydrogen-bond acceptors (Lipinski definition) is 5. The number of methoxy groups -OCH3 is 1. The lowest BCUT2D eigenvalue weighted by atomic mass is 10.1. The van der Waals surface area contributed by atoms with E-state index in [1.807, 2.05) is 0 Å². The van der Waals surface area contributed by atoms with Gasteiger partial charge in [-0.25, -0.2) is 9.18 Å². The molecule has 1 rings (SSSR count). The van der Waals surface area contributed by atoms with Crippen LogP contribution in [0.3, 0.4) is 0 Å². The topological polar surface area (TPSA) is 73.3 Å². The minimum absolute atomic E-state index is 0.0581. The lowest BCUT2D eigenvalue weighted by Gasteiger charge is -1.99. The number of esters is 1. The average molecular weight is 225 g/mol. The predicted molar refractivity (Wildman–Crippen MR) is 50.2 cm³/mol. The molecule has 1 heterocycles. The van der Waals surface area contributed by atoms with E-state index < -0.39 is 29.8 Å². The van der Waals surface area contributed by atoms with E-state index in [0.29, 0.717) is 0 Å². The van der Waals surface area contributed by atoms with Gasteiger partial charge in [-0.2, -0.15) is 0 Å². The van der Waals surface area contributed by atoms with Crippen molar-refractivity contribution in [3.8, 4) is 0 Å². The summed E-state index contributed by atoms with van der Waals surface area (Å²) in [5.74, 6) is -3.44. The monoisotopic (exact) mass is 225 g/mol. The van der Waals surface area contributed by atoms with E-state index in [-0.39, 0.29) is 5.56 Å². The number of carbonyl (C=O) groups excluding carboxylic acids is 3. The van der Waals surface area contributed by atoms with Crippen LogP contribution in [-0.4, -0.2) is 29.6 Å². The van der Waals surface area contributed by atoms with E-state index in [0.717, 1.165) is 25.6 Å². The predicted octanol–water partition coefficient (Wildman–Crippen LogP) is 0.536. The Labute approximate surface area is 90.2 Å². The van der Waals surface area contributed by atoms with E-state index in [4.69, 9.17) is 0 Å². The average Bonchev–Trinajstić information content (AvgIpc) is 2.27. The van der Waals surface area contributed by atoms with Crippen LogP contribution >= 0.6 is 0 Å². The molecular weight excluding hydrogens is 217 g/mol. The van der Waals surface area contributed by atoms with Gasteiger partial charge in [0.05, 0.1) is 19.7 Å². The molecular formula is C10H8FNO4. The molecule has 0 unspecified atom stereocenters. The molecule has 1 aromatic heterocycles. The van der Waals surface area contributed by atoms with E-state index >= 15 is 0 Å². The van der Waals surface area contributed by atoms with Crippen molar-refractivity contribution >= 4 is 17.5 Å². The molecule has 0 atom stereocenters. The summed E-state index contributed by atoms with van der Waals surface area (Å²) in [7, 11) is 1.04. The quantitative estimate of drug-likeness (QED) is 0.323. The van der Waals surface area contributed by atoms with Crippen molar-refractivity contribution in [2.75, 3.05) is 7.11 Å². The highest BCUT2D eigenvalue weighted by Gasteiger charge is 2.19. The number of halogens is 1. The Morgan fingerprint density at radius 2 is 2.06 bits per heavy atom. The Morgan fingerprint density at radius 1 is 1.38 bits per heavy atom. The smallest absolute Gasteiger partial charge is 0.374 e. The van der Waals surface area contributed by atoms with Gasteiger partial charge < -0.3 is 4.74 Å². The zero-order valence-corrected chi connectivity index (χ0v) is 8.40. The van der Waals surface area contributed by atoms with Crippen LogP contribution in [0.15, 0.2) is 18.5 Å². The summed E-state index contributed by atoms with van der Waals surface area (Å²) in [6, 6.07) is 0.944. The summed E-state index contributed by atoms with van der Waals surface area (Å²) in [6.07, 6.45) is 1.40. The third kappa shape index (κ3) is 2.94. The Kier molecular flexibility index (Phi) is 3.82. The van der Waals surface area contributed by atoms with Crippen molar-refractivity contribution in [1.29, 1.82) is 0 Å². The van der Waals surface area contributed by atoms with Gasteiger partial charge in [0.1, 0.15) is 5.82 Å². The number of Topliss-reactive ketones (excluding diaryl/α,β-unsaturated/α-hetero) is 2. The summed E-state index contributed by atoms with van der Waals surface area (Å²) in [5.41, 5.74) is -0.0581. The fraction of sp³-hybridized carbons (Fsp3) is 0.200. The van der Waals surface area contributed by atoms with Gasteiger partial charge in [-0.05, 0) is 6.07 Å². The maximum absolute atomic E-state index is 12.7. The van der Waals surface area contributed by atoms with Gasteiger partial charge in [-0.15, -0.1) is 0 Å². The van der Waals surface area contributed by atoms with Crippen LogP contribution in [0.1, 0.15) is 16.8 Å². The summed E-state index contributed by atoms with van der Waals surface area (Å²) >= 11 is 0. The lowest BCUT2D eigenvalue weighted by molar-refractivity contribution is -0.151.